The first-order valence-corrected chi connectivity index (χ1v) is 7.05. The van der Waals surface area contributed by atoms with E-state index in [2.05, 4.69) is 0 Å². The first-order chi connectivity index (χ1) is 9.22. The van der Waals surface area contributed by atoms with Gasteiger partial charge in [0.1, 0.15) is 5.75 Å². The van der Waals surface area contributed by atoms with Gasteiger partial charge in [-0.1, -0.05) is 36.4 Å². The molecular weight excluding hydrogens is 256 g/mol. The van der Waals surface area contributed by atoms with Crippen LogP contribution < -0.4 is 4.74 Å². The molecule has 0 saturated heterocycles. The lowest BCUT2D eigenvalue weighted by Gasteiger charge is -2.08. The number of carbonyl (C=O) groups is 1. The average Bonchev–Trinajstić information content (AvgIpc) is 2.45. The van der Waals surface area contributed by atoms with E-state index in [1.54, 1.807) is 7.11 Å². The van der Waals surface area contributed by atoms with Gasteiger partial charge in [-0.2, -0.15) is 0 Å². The van der Waals surface area contributed by atoms with E-state index in [9.17, 15) is 4.79 Å². The Balaban J connectivity index is 2.07. The van der Waals surface area contributed by atoms with Crippen LogP contribution in [0, 0.1) is 6.92 Å². The van der Waals surface area contributed by atoms with Crippen LogP contribution in [0.25, 0.3) is 0 Å². The molecule has 0 fully saturated rings. The molecule has 0 saturated carbocycles. The fourth-order valence-electron chi connectivity index (χ4n) is 1.84. The lowest BCUT2D eigenvalue weighted by Crippen LogP contribution is -2.04. The molecule has 0 radical (unpaired) electrons. The Bertz CT molecular complexity index is 578. The number of para-hydroxylation sites is 1. The van der Waals surface area contributed by atoms with Gasteiger partial charge in [-0.15, -0.1) is 11.8 Å². The predicted molar refractivity (Wildman–Crippen MR) is 79.2 cm³/mol. The first-order valence-electron chi connectivity index (χ1n) is 6.07. The number of carbonyl (C=O) groups excluding carboxylic acids is 1. The van der Waals surface area contributed by atoms with Gasteiger partial charge in [-0.05, 0) is 24.6 Å². The zero-order valence-electron chi connectivity index (χ0n) is 11.1. The van der Waals surface area contributed by atoms with Crippen molar-refractivity contribution in [1.29, 1.82) is 0 Å². The van der Waals surface area contributed by atoms with Crippen LogP contribution in [-0.4, -0.2) is 18.6 Å². The maximum absolute atomic E-state index is 12.2. The molecular formula is C16H16O2S. The zero-order chi connectivity index (χ0) is 13.7. The van der Waals surface area contributed by atoms with Crippen LogP contribution in [0.15, 0.2) is 53.4 Å². The Morgan fingerprint density at radius 2 is 1.79 bits per heavy atom. The molecule has 98 valence electrons. The molecule has 0 aliphatic carbocycles. The van der Waals surface area contributed by atoms with Gasteiger partial charge in [-0.25, -0.2) is 0 Å². The highest BCUT2D eigenvalue weighted by Crippen LogP contribution is 2.29. The maximum Gasteiger partial charge on any atom is 0.173 e. The van der Waals surface area contributed by atoms with Crippen LogP contribution >= 0.6 is 11.8 Å². The summed E-state index contributed by atoms with van der Waals surface area (Å²) in [4.78, 5) is 13.2. The summed E-state index contributed by atoms with van der Waals surface area (Å²) in [6, 6.07) is 15.4. The van der Waals surface area contributed by atoms with Crippen LogP contribution in [0.2, 0.25) is 0 Å². The molecule has 0 unspecified atom stereocenters. The molecule has 2 rings (SSSR count). The molecule has 0 aliphatic rings. The molecule has 0 amide bonds. The number of ketones is 1. The number of Topliss-reactive ketones (excluding diaryl/α,β-unsaturated/α-hetero) is 1. The largest absolute Gasteiger partial charge is 0.496 e. The number of rotatable bonds is 5. The van der Waals surface area contributed by atoms with Gasteiger partial charge in [0.05, 0.1) is 12.9 Å². The van der Waals surface area contributed by atoms with E-state index in [0.29, 0.717) is 5.75 Å². The van der Waals surface area contributed by atoms with Crippen LogP contribution in [-0.2, 0) is 0 Å². The van der Waals surface area contributed by atoms with Crippen molar-refractivity contribution in [3.05, 3.63) is 59.7 Å². The molecule has 2 nitrogen and oxygen atoms in total. The highest BCUT2D eigenvalue weighted by Gasteiger charge is 2.10. The van der Waals surface area contributed by atoms with Crippen molar-refractivity contribution in [2.45, 2.75) is 11.8 Å². The third-order valence-corrected chi connectivity index (χ3v) is 3.93. The van der Waals surface area contributed by atoms with Crippen molar-refractivity contribution in [3.63, 3.8) is 0 Å². The van der Waals surface area contributed by atoms with Crippen molar-refractivity contribution in [2.24, 2.45) is 0 Å². The smallest absolute Gasteiger partial charge is 0.173 e. The molecule has 0 bridgehead atoms. The fraction of sp³-hybridized carbons (Fsp3) is 0.188. The Hall–Kier alpha value is -1.74. The van der Waals surface area contributed by atoms with E-state index < -0.39 is 0 Å². The quantitative estimate of drug-likeness (QED) is 0.608. The Labute approximate surface area is 117 Å². The highest BCUT2D eigenvalue weighted by molar-refractivity contribution is 8.00. The second kappa shape index (κ2) is 6.43. The van der Waals surface area contributed by atoms with Crippen molar-refractivity contribution < 1.29 is 9.53 Å². The topological polar surface area (TPSA) is 26.3 Å². The van der Waals surface area contributed by atoms with Gasteiger partial charge in [0.2, 0.25) is 0 Å². The van der Waals surface area contributed by atoms with Crippen LogP contribution in [0.1, 0.15) is 15.9 Å². The minimum Gasteiger partial charge on any atom is -0.496 e. The summed E-state index contributed by atoms with van der Waals surface area (Å²) in [6.45, 7) is 1.96. The van der Waals surface area contributed by atoms with E-state index in [4.69, 9.17) is 4.74 Å². The number of ether oxygens (including phenoxy) is 1. The van der Waals surface area contributed by atoms with Crippen LogP contribution in [0.3, 0.4) is 0 Å². The average molecular weight is 272 g/mol. The number of aryl methyl sites for hydroxylation is 1. The van der Waals surface area contributed by atoms with E-state index in [1.807, 2.05) is 55.5 Å². The first kappa shape index (κ1) is 13.7. The molecule has 0 heterocycles. The van der Waals surface area contributed by atoms with E-state index >= 15 is 0 Å². The minimum absolute atomic E-state index is 0.147. The highest BCUT2D eigenvalue weighted by atomic mass is 32.2. The summed E-state index contributed by atoms with van der Waals surface area (Å²) in [7, 11) is 1.64. The summed E-state index contributed by atoms with van der Waals surface area (Å²) >= 11 is 1.51. The van der Waals surface area contributed by atoms with Crippen LogP contribution in [0.5, 0.6) is 5.75 Å². The molecule has 2 aromatic rings. The predicted octanol–water partition coefficient (Wildman–Crippen LogP) is 3.98. The molecule has 0 atom stereocenters. The zero-order valence-corrected chi connectivity index (χ0v) is 11.9. The monoisotopic (exact) mass is 272 g/mol. The van der Waals surface area contributed by atoms with E-state index in [1.165, 1.54) is 11.8 Å². The number of thioether (sulfide) groups is 1. The van der Waals surface area contributed by atoms with E-state index in [0.717, 1.165) is 21.8 Å². The standard InChI is InChI=1S/C16H16O2S/c1-12-7-3-4-8-13(12)14(17)11-19-16-10-6-5-9-15(16)18-2/h3-10H,11H2,1-2H3. The summed E-state index contributed by atoms with van der Waals surface area (Å²) < 4.78 is 5.27. The van der Waals surface area contributed by atoms with Crippen LogP contribution in [0.4, 0.5) is 0 Å². The van der Waals surface area contributed by atoms with Crippen molar-refractivity contribution in [3.8, 4) is 5.75 Å². The lowest BCUT2D eigenvalue weighted by atomic mass is 10.1. The summed E-state index contributed by atoms with van der Waals surface area (Å²) in [6.07, 6.45) is 0. The lowest BCUT2D eigenvalue weighted by molar-refractivity contribution is 0.102. The number of benzene rings is 2. The summed E-state index contributed by atoms with van der Waals surface area (Å²) in [5, 5.41) is 0. The van der Waals surface area contributed by atoms with Gasteiger partial charge in [0.25, 0.3) is 0 Å². The van der Waals surface area contributed by atoms with Gasteiger partial charge in [-0.3, -0.25) is 4.79 Å². The molecule has 0 aliphatic heterocycles. The molecule has 3 heteroatoms. The third kappa shape index (κ3) is 3.38. The normalized spacial score (nSPS) is 10.2. The van der Waals surface area contributed by atoms with Gasteiger partial charge < -0.3 is 4.74 Å². The van der Waals surface area contributed by atoms with Gasteiger partial charge in [0, 0.05) is 10.5 Å². The Morgan fingerprint density at radius 1 is 1.11 bits per heavy atom. The number of methoxy groups -OCH3 is 1. The van der Waals surface area contributed by atoms with Crippen molar-refractivity contribution >= 4 is 17.5 Å². The SMILES string of the molecule is COc1ccccc1SCC(=O)c1ccccc1C. The molecule has 0 spiro atoms. The molecule has 2 aromatic carbocycles. The molecule has 0 aromatic heterocycles. The van der Waals surface area contributed by atoms with Crippen molar-refractivity contribution in [2.75, 3.05) is 12.9 Å². The Kier molecular flexibility index (Phi) is 4.63. The summed E-state index contributed by atoms with van der Waals surface area (Å²) in [5.74, 6) is 1.38. The Morgan fingerprint density at radius 3 is 2.53 bits per heavy atom. The van der Waals surface area contributed by atoms with E-state index in [-0.39, 0.29) is 5.78 Å². The van der Waals surface area contributed by atoms with Crippen molar-refractivity contribution in [1.82, 2.24) is 0 Å². The molecule has 19 heavy (non-hydrogen) atoms. The minimum atomic E-state index is 0.147. The van der Waals surface area contributed by atoms with Gasteiger partial charge in [0.15, 0.2) is 5.78 Å². The number of hydrogen-bond donors (Lipinski definition) is 0. The second-order valence-electron chi connectivity index (χ2n) is 4.18. The maximum atomic E-state index is 12.2. The number of hydrogen-bond acceptors (Lipinski definition) is 3. The summed E-state index contributed by atoms with van der Waals surface area (Å²) in [5.41, 5.74) is 1.82. The van der Waals surface area contributed by atoms with Gasteiger partial charge >= 0.3 is 0 Å². The third-order valence-electron chi connectivity index (χ3n) is 2.87. The molecule has 0 N–H and O–H groups in total. The second-order valence-corrected chi connectivity index (χ2v) is 5.19. The fourth-order valence-corrected chi connectivity index (χ4v) is 2.76.